The zero-order chi connectivity index (χ0) is 2.00. The zero-order valence-electron chi connectivity index (χ0n) is 2.78. The fraction of sp³-hybridized carbons (Fsp3) is 1.00. The SMILES string of the molecule is CN.N.O. The molecule has 7 N–H and O–H groups in total. The normalized spacial score (nSPS) is 1.50. The van der Waals surface area contributed by atoms with E-state index in [0.717, 1.165) is 0 Å². The lowest BCUT2D eigenvalue weighted by atomic mass is 11.6. The molecule has 4 heavy (non-hydrogen) atoms. The summed E-state index contributed by atoms with van der Waals surface area (Å²) in [5.41, 5.74) is 4.50. The van der Waals surface area contributed by atoms with Gasteiger partial charge in [0.2, 0.25) is 0 Å². The molecule has 0 spiro atoms. The van der Waals surface area contributed by atoms with Gasteiger partial charge in [0, 0.05) is 0 Å². The maximum absolute atomic E-state index is 4.50. The molecule has 0 unspecified atom stereocenters. The van der Waals surface area contributed by atoms with E-state index in [4.69, 9.17) is 0 Å². The minimum atomic E-state index is 0. The fourth-order valence-corrected chi connectivity index (χ4v) is 0. The van der Waals surface area contributed by atoms with Crippen molar-refractivity contribution in [2.24, 2.45) is 5.73 Å². The number of hydrogen-bond acceptors (Lipinski definition) is 2. The predicted molar refractivity (Wildman–Crippen MR) is 18.7 cm³/mol. The predicted octanol–water partition coefficient (Wildman–Crippen LogP) is -1.09. The van der Waals surface area contributed by atoms with E-state index >= 15 is 0 Å². The Kier molecular flexibility index (Phi) is 7340. The molecule has 0 aromatic carbocycles. The van der Waals surface area contributed by atoms with Crippen molar-refractivity contribution in [2.45, 2.75) is 0 Å². The van der Waals surface area contributed by atoms with E-state index < -0.39 is 0 Å². The average molecular weight is 66.1 g/mol. The van der Waals surface area contributed by atoms with E-state index in [1.165, 1.54) is 7.05 Å². The maximum Gasteiger partial charge on any atom is -0.0195 e. The summed E-state index contributed by atoms with van der Waals surface area (Å²) in [7, 11) is 1.50. The smallest absolute Gasteiger partial charge is 0.0195 e. The van der Waals surface area contributed by atoms with Gasteiger partial charge in [0.15, 0.2) is 0 Å². The third-order valence-electron chi connectivity index (χ3n) is 0. The van der Waals surface area contributed by atoms with Gasteiger partial charge >= 0.3 is 0 Å². The van der Waals surface area contributed by atoms with Crippen LogP contribution in [-0.4, -0.2) is 12.5 Å². The molecule has 30 valence electrons. The van der Waals surface area contributed by atoms with Gasteiger partial charge in [-0.3, -0.25) is 0 Å². The fourth-order valence-electron chi connectivity index (χ4n) is 0. The van der Waals surface area contributed by atoms with Gasteiger partial charge < -0.3 is 17.4 Å². The van der Waals surface area contributed by atoms with E-state index in [2.05, 4.69) is 5.73 Å². The summed E-state index contributed by atoms with van der Waals surface area (Å²) in [6, 6.07) is 0. The summed E-state index contributed by atoms with van der Waals surface area (Å²) < 4.78 is 0. The van der Waals surface area contributed by atoms with Crippen LogP contribution in [0.1, 0.15) is 0 Å². The molecule has 0 bridgehead atoms. The summed E-state index contributed by atoms with van der Waals surface area (Å²) >= 11 is 0. The topological polar surface area (TPSA) is 92.5 Å². The second kappa shape index (κ2) is 707. The molecule has 0 amide bonds. The van der Waals surface area contributed by atoms with Crippen LogP contribution in [0, 0.1) is 0 Å². The number of rotatable bonds is 0. The van der Waals surface area contributed by atoms with Crippen LogP contribution in [0.3, 0.4) is 0 Å². The van der Waals surface area contributed by atoms with Crippen LogP contribution < -0.4 is 11.9 Å². The number of hydrogen-bond donors (Lipinski definition) is 2. The van der Waals surface area contributed by atoms with Crippen molar-refractivity contribution in [2.75, 3.05) is 7.05 Å². The molecule has 0 saturated heterocycles. The zero-order valence-corrected chi connectivity index (χ0v) is 2.78. The van der Waals surface area contributed by atoms with Crippen molar-refractivity contribution >= 4 is 0 Å². The largest absolute Gasteiger partial charge is 0.412 e. The van der Waals surface area contributed by atoms with Crippen LogP contribution in [0.5, 0.6) is 0 Å². The van der Waals surface area contributed by atoms with Crippen LogP contribution >= 0.6 is 0 Å². The Hall–Kier alpha value is -0.120. The Labute approximate surface area is 25.7 Å². The van der Waals surface area contributed by atoms with E-state index in [1.54, 1.807) is 0 Å². The first-order valence-corrected chi connectivity index (χ1v) is 0.577. The highest BCUT2D eigenvalue weighted by molar-refractivity contribution is 3.54. The minimum absolute atomic E-state index is 0. The summed E-state index contributed by atoms with van der Waals surface area (Å²) in [6.45, 7) is 0. The summed E-state index contributed by atoms with van der Waals surface area (Å²) in [5, 5.41) is 0. The van der Waals surface area contributed by atoms with Crippen molar-refractivity contribution < 1.29 is 5.48 Å². The lowest BCUT2D eigenvalue weighted by Crippen LogP contribution is -1.69. The van der Waals surface area contributed by atoms with E-state index in [0.29, 0.717) is 0 Å². The van der Waals surface area contributed by atoms with Gasteiger partial charge in [-0.25, -0.2) is 0 Å². The molecule has 3 nitrogen and oxygen atoms in total. The second-order valence-electron chi connectivity index (χ2n) is 0. The molecule has 3 heteroatoms. The summed E-state index contributed by atoms with van der Waals surface area (Å²) in [5.74, 6) is 0. The maximum atomic E-state index is 4.50. The third kappa shape index (κ3) is 101. The van der Waals surface area contributed by atoms with Gasteiger partial charge in [-0.15, -0.1) is 0 Å². The van der Waals surface area contributed by atoms with Crippen molar-refractivity contribution in [3.63, 3.8) is 0 Å². The molecule has 0 heterocycles. The molecule has 0 radical (unpaired) electrons. The molecule has 0 aliphatic rings. The Bertz CT molecular complexity index is 6.00. The first-order valence-electron chi connectivity index (χ1n) is 0.577. The van der Waals surface area contributed by atoms with Crippen LogP contribution in [0.15, 0.2) is 0 Å². The highest BCUT2D eigenvalue weighted by atomic mass is 16.0. The third-order valence-corrected chi connectivity index (χ3v) is 0. The molecule has 0 aliphatic carbocycles. The quantitative estimate of drug-likeness (QED) is 0.376. The van der Waals surface area contributed by atoms with Gasteiger partial charge in [-0.05, 0) is 7.05 Å². The molecule has 0 rings (SSSR count). The lowest BCUT2D eigenvalue weighted by molar-refractivity contribution is 0.824. The van der Waals surface area contributed by atoms with E-state index in [1.807, 2.05) is 0 Å². The summed E-state index contributed by atoms with van der Waals surface area (Å²) in [6.07, 6.45) is 0. The van der Waals surface area contributed by atoms with Gasteiger partial charge in [0.25, 0.3) is 0 Å². The molecular formula is CH10N2O. The van der Waals surface area contributed by atoms with Crippen LogP contribution in [0.4, 0.5) is 0 Å². The second-order valence-corrected chi connectivity index (χ2v) is 0. The van der Waals surface area contributed by atoms with E-state index in [-0.39, 0.29) is 11.6 Å². The molecule has 0 aromatic heterocycles. The molecule has 0 atom stereocenters. The molecule has 0 aliphatic heterocycles. The number of nitrogens with two attached hydrogens (primary N) is 1. The van der Waals surface area contributed by atoms with Crippen molar-refractivity contribution in [1.82, 2.24) is 6.15 Å². The minimum Gasteiger partial charge on any atom is -0.412 e. The first kappa shape index (κ1) is 41.6. The van der Waals surface area contributed by atoms with Gasteiger partial charge in [-0.2, -0.15) is 0 Å². The summed E-state index contributed by atoms with van der Waals surface area (Å²) in [4.78, 5) is 0. The first-order chi connectivity index (χ1) is 1.00. The molecular weight excluding hydrogens is 56.0 g/mol. The van der Waals surface area contributed by atoms with Gasteiger partial charge in [-0.1, -0.05) is 0 Å². The Balaban J connectivity index is -0.00000000500. The van der Waals surface area contributed by atoms with Crippen molar-refractivity contribution in [3.8, 4) is 0 Å². The lowest BCUT2D eigenvalue weighted by Gasteiger charge is -1.19. The van der Waals surface area contributed by atoms with Crippen molar-refractivity contribution in [3.05, 3.63) is 0 Å². The Morgan fingerprint density at radius 3 is 1.25 bits per heavy atom. The standard InChI is InChI=1S/CH5N.H3N.H2O/c1-2;;/h2H2,1H3;1H3;1H2. The monoisotopic (exact) mass is 66.1 g/mol. The molecule has 0 saturated carbocycles. The van der Waals surface area contributed by atoms with Gasteiger partial charge in [0.1, 0.15) is 0 Å². The highest BCUT2D eigenvalue weighted by Gasteiger charge is 0.836. The molecule has 0 fully saturated rings. The van der Waals surface area contributed by atoms with Crippen LogP contribution in [0.2, 0.25) is 0 Å². The molecule has 0 aromatic rings. The average Bonchev–Trinajstić information content (AvgIpc) is 1.00. The van der Waals surface area contributed by atoms with Gasteiger partial charge in [0.05, 0.1) is 0 Å². The Morgan fingerprint density at radius 2 is 1.25 bits per heavy atom. The van der Waals surface area contributed by atoms with E-state index in [9.17, 15) is 0 Å². The van der Waals surface area contributed by atoms with Crippen molar-refractivity contribution in [1.29, 1.82) is 0 Å². The Morgan fingerprint density at radius 1 is 1.25 bits per heavy atom. The van der Waals surface area contributed by atoms with Crippen LogP contribution in [0.25, 0.3) is 0 Å². The highest BCUT2D eigenvalue weighted by Crippen LogP contribution is 0.469. The van der Waals surface area contributed by atoms with Crippen LogP contribution in [-0.2, 0) is 0 Å².